The Morgan fingerprint density at radius 3 is 2.94 bits per heavy atom. The topological polar surface area (TPSA) is 63.6 Å². The van der Waals surface area contributed by atoms with Crippen LogP contribution in [0.3, 0.4) is 0 Å². The lowest BCUT2D eigenvalue weighted by Gasteiger charge is -2.02. The molecule has 0 saturated heterocycles. The summed E-state index contributed by atoms with van der Waals surface area (Å²) in [6.45, 7) is 0.465. The van der Waals surface area contributed by atoms with Gasteiger partial charge in [-0.3, -0.25) is 9.48 Å². The fourth-order valence-corrected chi connectivity index (χ4v) is 1.76. The maximum absolute atomic E-state index is 11.8. The summed E-state index contributed by atoms with van der Waals surface area (Å²) < 4.78 is 1.72. The number of para-hydroxylation sites is 1. The molecule has 0 aliphatic rings. The van der Waals surface area contributed by atoms with Crippen molar-refractivity contribution in [2.75, 3.05) is 0 Å². The molecule has 0 aliphatic heterocycles. The van der Waals surface area contributed by atoms with Gasteiger partial charge in [0.1, 0.15) is 5.82 Å². The van der Waals surface area contributed by atoms with Crippen LogP contribution >= 0.6 is 0 Å². The van der Waals surface area contributed by atoms with Crippen molar-refractivity contribution >= 4 is 10.9 Å². The van der Waals surface area contributed by atoms with Crippen LogP contribution in [0.2, 0.25) is 0 Å². The number of rotatable bonds is 2. The first-order valence-electron chi connectivity index (χ1n) is 5.28. The Bertz CT molecular complexity index is 700. The Morgan fingerprint density at radius 1 is 1.24 bits per heavy atom. The zero-order valence-corrected chi connectivity index (χ0v) is 9.00. The van der Waals surface area contributed by atoms with E-state index in [1.165, 1.54) is 0 Å². The Kier molecular flexibility index (Phi) is 2.22. The Morgan fingerprint density at radius 2 is 2.12 bits per heavy atom. The average Bonchev–Trinajstić information content (AvgIpc) is 2.82. The van der Waals surface area contributed by atoms with Crippen molar-refractivity contribution in [2.24, 2.45) is 0 Å². The number of hydrogen-bond donors (Lipinski definition) is 1. The van der Waals surface area contributed by atoms with Crippen molar-refractivity contribution in [2.45, 2.75) is 6.54 Å². The van der Waals surface area contributed by atoms with Crippen LogP contribution in [-0.2, 0) is 6.54 Å². The zero-order valence-electron chi connectivity index (χ0n) is 9.00. The number of aromatic nitrogens is 4. The van der Waals surface area contributed by atoms with E-state index < -0.39 is 0 Å². The quantitative estimate of drug-likeness (QED) is 0.713. The predicted octanol–water partition coefficient (Wildman–Crippen LogP) is 1.17. The van der Waals surface area contributed by atoms with E-state index in [0.29, 0.717) is 23.3 Å². The van der Waals surface area contributed by atoms with Gasteiger partial charge in [-0.15, -0.1) is 0 Å². The third kappa shape index (κ3) is 1.82. The number of fused-ring (bicyclic) bond motifs is 1. The largest absolute Gasteiger partial charge is 0.308 e. The molecule has 0 amide bonds. The van der Waals surface area contributed by atoms with Gasteiger partial charge in [-0.25, -0.2) is 4.98 Å². The van der Waals surface area contributed by atoms with Gasteiger partial charge in [0.05, 0.1) is 17.4 Å². The summed E-state index contributed by atoms with van der Waals surface area (Å²) in [5.41, 5.74) is 0.594. The van der Waals surface area contributed by atoms with Gasteiger partial charge in [-0.05, 0) is 18.2 Å². The number of H-pyrrole nitrogens is 1. The molecular weight excluding hydrogens is 216 g/mol. The van der Waals surface area contributed by atoms with Gasteiger partial charge in [0.25, 0.3) is 5.56 Å². The number of nitrogens with one attached hydrogen (secondary N) is 1. The van der Waals surface area contributed by atoms with Crippen molar-refractivity contribution in [3.05, 3.63) is 58.9 Å². The van der Waals surface area contributed by atoms with Gasteiger partial charge >= 0.3 is 0 Å². The van der Waals surface area contributed by atoms with Crippen LogP contribution in [0.4, 0.5) is 0 Å². The van der Waals surface area contributed by atoms with Crippen molar-refractivity contribution < 1.29 is 0 Å². The monoisotopic (exact) mass is 226 g/mol. The molecule has 0 atom stereocenters. The molecule has 0 saturated carbocycles. The summed E-state index contributed by atoms with van der Waals surface area (Å²) in [6, 6.07) is 9.12. The van der Waals surface area contributed by atoms with E-state index in [-0.39, 0.29) is 5.56 Å². The standard InChI is InChI=1S/C12H10N4O/c17-12-9-4-1-2-5-10(9)14-11(15-12)8-16-7-3-6-13-16/h1-7H,8H2,(H,14,15,17). The molecule has 2 heterocycles. The normalized spacial score (nSPS) is 10.8. The summed E-state index contributed by atoms with van der Waals surface area (Å²) >= 11 is 0. The Labute approximate surface area is 96.7 Å². The van der Waals surface area contributed by atoms with Crippen LogP contribution in [0.1, 0.15) is 5.82 Å². The van der Waals surface area contributed by atoms with Gasteiger partial charge in [-0.1, -0.05) is 12.1 Å². The zero-order chi connectivity index (χ0) is 11.7. The lowest BCUT2D eigenvalue weighted by atomic mass is 10.2. The van der Waals surface area contributed by atoms with Crippen molar-refractivity contribution in [1.82, 2.24) is 19.7 Å². The third-order valence-corrected chi connectivity index (χ3v) is 2.53. The van der Waals surface area contributed by atoms with Gasteiger partial charge < -0.3 is 4.98 Å². The molecule has 2 aromatic heterocycles. The van der Waals surface area contributed by atoms with Crippen LogP contribution in [-0.4, -0.2) is 19.7 Å². The molecule has 5 nitrogen and oxygen atoms in total. The van der Waals surface area contributed by atoms with Crippen molar-refractivity contribution in [3.8, 4) is 0 Å². The van der Waals surface area contributed by atoms with Gasteiger partial charge in [-0.2, -0.15) is 5.10 Å². The molecule has 0 unspecified atom stereocenters. The molecule has 1 N–H and O–H groups in total. The molecule has 5 heteroatoms. The van der Waals surface area contributed by atoms with E-state index >= 15 is 0 Å². The average molecular weight is 226 g/mol. The van der Waals surface area contributed by atoms with Crippen LogP contribution < -0.4 is 5.56 Å². The van der Waals surface area contributed by atoms with Crippen molar-refractivity contribution in [1.29, 1.82) is 0 Å². The molecule has 0 bridgehead atoms. The summed E-state index contributed by atoms with van der Waals surface area (Å²) in [6.07, 6.45) is 3.52. The lowest BCUT2D eigenvalue weighted by molar-refractivity contribution is 0.656. The lowest BCUT2D eigenvalue weighted by Crippen LogP contribution is -2.14. The summed E-state index contributed by atoms with van der Waals surface area (Å²) in [4.78, 5) is 19.0. The van der Waals surface area contributed by atoms with Gasteiger partial charge in [0.15, 0.2) is 0 Å². The van der Waals surface area contributed by atoms with E-state index in [1.54, 1.807) is 16.9 Å². The molecule has 1 aromatic carbocycles. The molecular formula is C12H10N4O. The Balaban J connectivity index is 2.10. The highest BCUT2D eigenvalue weighted by Crippen LogP contribution is 2.05. The molecule has 0 aliphatic carbocycles. The number of hydrogen-bond acceptors (Lipinski definition) is 3. The van der Waals surface area contributed by atoms with E-state index in [2.05, 4.69) is 15.1 Å². The summed E-state index contributed by atoms with van der Waals surface area (Å²) in [7, 11) is 0. The van der Waals surface area contributed by atoms with Crippen LogP contribution in [0.25, 0.3) is 10.9 Å². The first-order chi connectivity index (χ1) is 8.33. The van der Waals surface area contributed by atoms with Crippen molar-refractivity contribution in [3.63, 3.8) is 0 Å². The molecule has 17 heavy (non-hydrogen) atoms. The van der Waals surface area contributed by atoms with Crippen LogP contribution in [0.15, 0.2) is 47.5 Å². The SMILES string of the molecule is O=c1[nH]c(Cn2cccn2)nc2ccccc12. The summed E-state index contributed by atoms with van der Waals surface area (Å²) in [5.74, 6) is 0.609. The van der Waals surface area contributed by atoms with Gasteiger partial charge in [0.2, 0.25) is 0 Å². The highest BCUT2D eigenvalue weighted by molar-refractivity contribution is 5.77. The van der Waals surface area contributed by atoms with E-state index in [0.717, 1.165) is 0 Å². The number of nitrogens with zero attached hydrogens (tertiary/aromatic N) is 3. The highest BCUT2D eigenvalue weighted by atomic mass is 16.1. The molecule has 0 radical (unpaired) electrons. The first kappa shape index (κ1) is 9.77. The second-order valence-electron chi connectivity index (χ2n) is 3.73. The molecule has 3 rings (SSSR count). The Hall–Kier alpha value is -2.43. The second kappa shape index (κ2) is 3.86. The molecule has 0 fully saturated rings. The van der Waals surface area contributed by atoms with Gasteiger partial charge in [0, 0.05) is 12.4 Å². The maximum atomic E-state index is 11.8. The minimum absolute atomic E-state index is 0.113. The second-order valence-corrected chi connectivity index (χ2v) is 3.73. The molecule has 3 aromatic rings. The smallest absolute Gasteiger partial charge is 0.258 e. The first-order valence-corrected chi connectivity index (χ1v) is 5.28. The fourth-order valence-electron chi connectivity index (χ4n) is 1.76. The molecule has 84 valence electrons. The van der Waals surface area contributed by atoms with E-state index in [1.807, 2.05) is 30.5 Å². The minimum Gasteiger partial charge on any atom is -0.308 e. The number of aromatic amines is 1. The summed E-state index contributed by atoms with van der Waals surface area (Å²) in [5, 5.41) is 4.68. The third-order valence-electron chi connectivity index (χ3n) is 2.53. The minimum atomic E-state index is -0.113. The van der Waals surface area contributed by atoms with E-state index in [4.69, 9.17) is 0 Å². The highest BCUT2D eigenvalue weighted by Gasteiger charge is 2.03. The predicted molar refractivity (Wildman–Crippen MR) is 63.7 cm³/mol. The maximum Gasteiger partial charge on any atom is 0.258 e. The fraction of sp³-hybridized carbons (Fsp3) is 0.0833. The number of benzene rings is 1. The van der Waals surface area contributed by atoms with E-state index in [9.17, 15) is 4.79 Å². The van der Waals surface area contributed by atoms with Crippen LogP contribution in [0.5, 0.6) is 0 Å². The van der Waals surface area contributed by atoms with Crippen LogP contribution in [0, 0.1) is 0 Å². The molecule has 0 spiro atoms.